The predicted molar refractivity (Wildman–Crippen MR) is 148 cm³/mol. The van der Waals surface area contributed by atoms with Gasteiger partial charge in [0.05, 0.1) is 9.40 Å². The van der Waals surface area contributed by atoms with Crippen LogP contribution in [0.3, 0.4) is 0 Å². The summed E-state index contributed by atoms with van der Waals surface area (Å²) < 4.78 is 6.83. The molecule has 0 unspecified atom stereocenters. The fourth-order valence-electron chi connectivity index (χ4n) is 4.75. The third-order valence-electron chi connectivity index (χ3n) is 6.15. The number of hydrogen-bond donors (Lipinski definition) is 0. The van der Waals surface area contributed by atoms with E-state index in [1.807, 2.05) is 22.7 Å². The zero-order valence-electron chi connectivity index (χ0n) is 16.4. The van der Waals surface area contributed by atoms with Gasteiger partial charge >= 0.3 is 0 Å². The maximum absolute atomic E-state index is 2.41. The largest absolute Gasteiger partial charge is 0.134 e. The number of fused-ring (bicyclic) bond motifs is 9. The van der Waals surface area contributed by atoms with Crippen LogP contribution in [0.5, 0.6) is 0 Å². The summed E-state index contributed by atoms with van der Waals surface area (Å²) in [6.07, 6.45) is 0. The first-order chi connectivity index (χ1) is 15.3. The van der Waals surface area contributed by atoms with Crippen molar-refractivity contribution in [2.45, 2.75) is 0 Å². The molecule has 146 valence electrons. The van der Waals surface area contributed by atoms with E-state index in [4.69, 9.17) is 0 Å². The zero-order chi connectivity index (χ0) is 20.5. The van der Waals surface area contributed by atoms with Crippen molar-refractivity contribution in [3.63, 3.8) is 0 Å². The Labute approximate surface area is 200 Å². The first kappa shape index (κ1) is 18.1. The van der Waals surface area contributed by atoms with Gasteiger partial charge in [-0.05, 0) is 68.8 Å². The molecule has 0 nitrogen and oxygen atoms in total. The van der Waals surface area contributed by atoms with Crippen LogP contribution in [0.1, 0.15) is 0 Å². The van der Waals surface area contributed by atoms with Crippen molar-refractivity contribution in [2.75, 3.05) is 0 Å². The highest BCUT2D eigenvalue weighted by atomic mass is 127. The van der Waals surface area contributed by atoms with Crippen LogP contribution in [-0.4, -0.2) is 0 Å². The van der Waals surface area contributed by atoms with Gasteiger partial charge in [0.25, 0.3) is 0 Å². The molecule has 0 N–H and O–H groups in total. The highest BCUT2D eigenvalue weighted by Crippen LogP contribution is 2.47. The van der Waals surface area contributed by atoms with Gasteiger partial charge in [-0.1, -0.05) is 66.7 Å². The van der Waals surface area contributed by atoms with Crippen molar-refractivity contribution in [3.05, 3.63) is 94.6 Å². The van der Waals surface area contributed by atoms with E-state index in [1.165, 1.54) is 65.8 Å². The smallest absolute Gasteiger partial charge is 0.0534 e. The Bertz CT molecular complexity index is 1790. The van der Waals surface area contributed by atoms with E-state index in [1.54, 1.807) is 0 Å². The van der Waals surface area contributed by atoms with Gasteiger partial charge in [-0.3, -0.25) is 0 Å². The van der Waals surface area contributed by atoms with Crippen molar-refractivity contribution >= 4 is 96.4 Å². The van der Waals surface area contributed by atoms with Crippen molar-refractivity contribution in [1.82, 2.24) is 0 Å². The Morgan fingerprint density at radius 2 is 1.16 bits per heavy atom. The molecule has 3 heteroatoms. The summed E-state index contributed by atoms with van der Waals surface area (Å²) in [6.45, 7) is 0. The van der Waals surface area contributed by atoms with Crippen molar-refractivity contribution < 1.29 is 0 Å². The standard InChI is InChI=1S/C28H15IS2/c29-17-11-9-16(10-12-17)23-15-25-26(20-7-2-1-5-18(20)23)22-14-13-21-19-6-3-4-8-24(19)30-27(21)28(22)31-25/h1-15H. The summed E-state index contributed by atoms with van der Waals surface area (Å²) >= 11 is 6.24. The molecule has 31 heavy (non-hydrogen) atoms. The summed E-state index contributed by atoms with van der Waals surface area (Å²) in [5.74, 6) is 0. The van der Waals surface area contributed by atoms with Crippen LogP contribution in [0.15, 0.2) is 91.0 Å². The van der Waals surface area contributed by atoms with E-state index in [0.717, 1.165) is 0 Å². The van der Waals surface area contributed by atoms with Gasteiger partial charge in [-0.15, -0.1) is 22.7 Å². The molecule has 5 aromatic carbocycles. The monoisotopic (exact) mass is 542 g/mol. The molecule has 2 aromatic heterocycles. The van der Waals surface area contributed by atoms with Crippen LogP contribution in [0.4, 0.5) is 0 Å². The number of hydrogen-bond acceptors (Lipinski definition) is 2. The van der Waals surface area contributed by atoms with E-state index in [9.17, 15) is 0 Å². The van der Waals surface area contributed by atoms with E-state index in [2.05, 4.69) is 114 Å². The lowest BCUT2D eigenvalue weighted by atomic mass is 9.95. The second-order valence-corrected chi connectivity index (χ2v) is 11.2. The zero-order valence-corrected chi connectivity index (χ0v) is 20.1. The molecule has 0 atom stereocenters. The van der Waals surface area contributed by atoms with E-state index >= 15 is 0 Å². The average Bonchev–Trinajstić information content (AvgIpc) is 3.37. The molecule has 0 aliphatic heterocycles. The lowest BCUT2D eigenvalue weighted by Gasteiger charge is -2.09. The Kier molecular flexibility index (Phi) is 3.96. The number of halogens is 1. The predicted octanol–water partition coefficient (Wildman–Crippen LogP) is 9.85. The van der Waals surface area contributed by atoms with E-state index < -0.39 is 0 Å². The van der Waals surface area contributed by atoms with Gasteiger partial charge in [0.15, 0.2) is 0 Å². The first-order valence-electron chi connectivity index (χ1n) is 10.2. The summed E-state index contributed by atoms with van der Waals surface area (Å²) in [6, 6.07) is 33.6. The molecule has 0 saturated heterocycles. The van der Waals surface area contributed by atoms with Crippen molar-refractivity contribution in [3.8, 4) is 11.1 Å². The van der Waals surface area contributed by atoms with Crippen LogP contribution < -0.4 is 0 Å². The maximum Gasteiger partial charge on any atom is 0.0534 e. The molecule has 0 fully saturated rings. The molecule has 2 heterocycles. The highest BCUT2D eigenvalue weighted by molar-refractivity contribution is 14.1. The molecule has 7 rings (SSSR count). The third kappa shape index (κ3) is 2.63. The number of benzene rings is 5. The molecular weight excluding hydrogens is 527 g/mol. The Hall–Kier alpha value is -2.47. The average molecular weight is 542 g/mol. The Morgan fingerprint density at radius 3 is 2.00 bits per heavy atom. The van der Waals surface area contributed by atoms with Crippen LogP contribution >= 0.6 is 45.3 Å². The quantitative estimate of drug-likeness (QED) is 0.181. The van der Waals surface area contributed by atoms with E-state index in [0.29, 0.717) is 0 Å². The fraction of sp³-hybridized carbons (Fsp3) is 0. The first-order valence-corrected chi connectivity index (χ1v) is 12.9. The Morgan fingerprint density at radius 1 is 0.516 bits per heavy atom. The molecule has 0 aliphatic rings. The van der Waals surface area contributed by atoms with E-state index in [-0.39, 0.29) is 0 Å². The van der Waals surface area contributed by atoms with Gasteiger partial charge in [0, 0.05) is 34.5 Å². The molecule has 0 aliphatic carbocycles. The second-order valence-electron chi connectivity index (χ2n) is 7.87. The van der Waals surface area contributed by atoms with Crippen LogP contribution in [0.25, 0.3) is 62.2 Å². The molecule has 7 aromatic rings. The third-order valence-corrected chi connectivity index (χ3v) is 9.37. The SMILES string of the molecule is Ic1ccc(-c2cc3sc4c(ccc5c6ccccc6sc54)c3c3ccccc23)cc1. The van der Waals surface area contributed by atoms with Gasteiger partial charge in [0.1, 0.15) is 0 Å². The lowest BCUT2D eigenvalue weighted by Crippen LogP contribution is -1.83. The van der Waals surface area contributed by atoms with Crippen molar-refractivity contribution in [2.24, 2.45) is 0 Å². The minimum Gasteiger partial charge on any atom is -0.134 e. The number of rotatable bonds is 1. The lowest BCUT2D eigenvalue weighted by molar-refractivity contribution is 1.63. The molecule has 0 radical (unpaired) electrons. The van der Waals surface area contributed by atoms with Gasteiger partial charge in [0.2, 0.25) is 0 Å². The highest BCUT2D eigenvalue weighted by Gasteiger charge is 2.16. The Balaban J connectivity index is 1.65. The fourth-order valence-corrected chi connectivity index (χ4v) is 7.70. The summed E-state index contributed by atoms with van der Waals surface area (Å²) in [5, 5.41) is 8.19. The van der Waals surface area contributed by atoms with Crippen LogP contribution in [-0.2, 0) is 0 Å². The minimum atomic E-state index is 1.26. The number of thiophene rings is 2. The molecule has 0 amide bonds. The summed E-state index contributed by atoms with van der Waals surface area (Å²) in [4.78, 5) is 0. The molecule has 0 saturated carbocycles. The topological polar surface area (TPSA) is 0 Å². The summed E-state index contributed by atoms with van der Waals surface area (Å²) in [7, 11) is 0. The van der Waals surface area contributed by atoms with Gasteiger partial charge in [-0.2, -0.15) is 0 Å². The second kappa shape index (κ2) is 6.76. The normalized spacial score (nSPS) is 12.0. The molecule has 0 bridgehead atoms. The van der Waals surface area contributed by atoms with Crippen LogP contribution in [0.2, 0.25) is 0 Å². The summed E-state index contributed by atoms with van der Waals surface area (Å²) in [5.41, 5.74) is 2.60. The molecule has 0 spiro atoms. The minimum absolute atomic E-state index is 1.26. The maximum atomic E-state index is 2.41. The van der Waals surface area contributed by atoms with Crippen molar-refractivity contribution in [1.29, 1.82) is 0 Å². The molecular formula is C28H15IS2. The van der Waals surface area contributed by atoms with Crippen LogP contribution in [0, 0.1) is 3.57 Å². The van der Waals surface area contributed by atoms with Gasteiger partial charge < -0.3 is 0 Å². The van der Waals surface area contributed by atoms with Gasteiger partial charge in [-0.25, -0.2) is 0 Å².